The number of hydrogen-bond donors (Lipinski definition) is 1. The normalized spacial score (nSPS) is 12.2. The summed E-state index contributed by atoms with van der Waals surface area (Å²) in [6.07, 6.45) is 5.56. The third-order valence-electron chi connectivity index (χ3n) is 3.38. The van der Waals surface area contributed by atoms with Gasteiger partial charge in [-0.25, -0.2) is 4.98 Å². The van der Waals surface area contributed by atoms with Crippen molar-refractivity contribution in [3.63, 3.8) is 0 Å². The van der Waals surface area contributed by atoms with Gasteiger partial charge in [-0.1, -0.05) is 0 Å². The second kappa shape index (κ2) is 6.59. The van der Waals surface area contributed by atoms with E-state index in [2.05, 4.69) is 41.5 Å². The van der Waals surface area contributed by atoms with Crippen LogP contribution in [0, 0.1) is 0 Å². The molecule has 0 bridgehead atoms. The van der Waals surface area contributed by atoms with Gasteiger partial charge in [0.25, 0.3) is 0 Å². The quantitative estimate of drug-likeness (QED) is 0.708. The first-order chi connectivity index (χ1) is 10.3. The molecule has 0 spiro atoms. The van der Waals surface area contributed by atoms with Gasteiger partial charge >= 0.3 is 0 Å². The molecular weight excluding hydrogens is 280 g/mol. The zero-order valence-corrected chi connectivity index (χ0v) is 12.8. The van der Waals surface area contributed by atoms with Gasteiger partial charge in [0.05, 0.1) is 6.26 Å². The van der Waals surface area contributed by atoms with E-state index in [4.69, 9.17) is 4.42 Å². The Bertz CT molecular complexity index is 645. The minimum atomic E-state index is 0.404. The second-order valence-corrected chi connectivity index (χ2v) is 5.97. The molecule has 0 saturated carbocycles. The number of hydrogen-bond acceptors (Lipinski definition) is 4. The Morgan fingerprint density at radius 1 is 1.24 bits per heavy atom. The number of aromatic nitrogens is 1. The van der Waals surface area contributed by atoms with Crippen LogP contribution in [0.1, 0.15) is 19.1 Å². The number of rotatable bonds is 6. The molecule has 21 heavy (non-hydrogen) atoms. The summed E-state index contributed by atoms with van der Waals surface area (Å²) >= 11 is 1.66. The molecule has 0 saturated heterocycles. The molecule has 0 fully saturated rings. The number of anilines is 1. The zero-order chi connectivity index (χ0) is 14.5. The zero-order valence-electron chi connectivity index (χ0n) is 12.0. The highest BCUT2D eigenvalue weighted by atomic mass is 32.1. The van der Waals surface area contributed by atoms with Crippen LogP contribution in [-0.2, 0) is 6.42 Å². The molecular formula is C17H18N2OS. The Balaban J connectivity index is 1.55. The van der Waals surface area contributed by atoms with Gasteiger partial charge in [-0.3, -0.25) is 0 Å². The monoisotopic (exact) mass is 298 g/mol. The van der Waals surface area contributed by atoms with E-state index in [-0.39, 0.29) is 0 Å². The van der Waals surface area contributed by atoms with Gasteiger partial charge in [0.1, 0.15) is 10.8 Å². The lowest BCUT2D eigenvalue weighted by atomic mass is 10.1. The van der Waals surface area contributed by atoms with E-state index < -0.39 is 0 Å². The average molecular weight is 298 g/mol. The summed E-state index contributed by atoms with van der Waals surface area (Å²) in [6, 6.07) is 12.8. The van der Waals surface area contributed by atoms with Crippen LogP contribution in [0.4, 0.5) is 5.69 Å². The maximum atomic E-state index is 5.36. The summed E-state index contributed by atoms with van der Waals surface area (Å²) < 4.78 is 5.36. The lowest BCUT2D eigenvalue weighted by molar-refractivity contribution is 0.495. The van der Waals surface area contributed by atoms with Crippen molar-refractivity contribution in [3.05, 3.63) is 60.0 Å². The smallest absolute Gasteiger partial charge is 0.123 e. The van der Waals surface area contributed by atoms with Gasteiger partial charge in [0, 0.05) is 35.3 Å². The molecule has 2 aromatic heterocycles. The molecule has 1 aromatic carbocycles. The van der Waals surface area contributed by atoms with Gasteiger partial charge in [0.2, 0.25) is 0 Å². The Labute approximate surface area is 128 Å². The van der Waals surface area contributed by atoms with E-state index in [0.717, 1.165) is 29.3 Å². The fourth-order valence-corrected chi connectivity index (χ4v) is 2.89. The minimum Gasteiger partial charge on any atom is -0.469 e. The summed E-state index contributed by atoms with van der Waals surface area (Å²) in [5.41, 5.74) is 2.31. The van der Waals surface area contributed by atoms with Crippen molar-refractivity contribution in [1.29, 1.82) is 0 Å². The van der Waals surface area contributed by atoms with Gasteiger partial charge in [-0.2, -0.15) is 0 Å². The molecule has 3 aromatic rings. The Morgan fingerprint density at radius 2 is 2.10 bits per heavy atom. The highest BCUT2D eigenvalue weighted by Gasteiger charge is 2.05. The van der Waals surface area contributed by atoms with Gasteiger partial charge in [0.15, 0.2) is 0 Å². The molecule has 2 heterocycles. The molecule has 108 valence electrons. The first-order valence-corrected chi connectivity index (χ1v) is 7.98. The summed E-state index contributed by atoms with van der Waals surface area (Å²) in [7, 11) is 0. The standard InChI is InChI=1S/C17H18N2OS/c1-13(4-9-16-3-2-11-20-16)19-15-7-5-14(6-8-15)17-18-10-12-21-17/h2-3,5-8,10-13,19H,4,9H2,1H3. The van der Waals surface area contributed by atoms with Crippen LogP contribution in [0.5, 0.6) is 0 Å². The van der Waals surface area contributed by atoms with E-state index in [1.54, 1.807) is 17.6 Å². The molecule has 1 N–H and O–H groups in total. The largest absolute Gasteiger partial charge is 0.469 e. The molecule has 4 heteroatoms. The van der Waals surface area contributed by atoms with Crippen LogP contribution in [0.15, 0.2) is 58.7 Å². The summed E-state index contributed by atoms with van der Waals surface area (Å²) in [5, 5.41) is 6.58. The lowest BCUT2D eigenvalue weighted by Crippen LogP contribution is -2.15. The van der Waals surface area contributed by atoms with Gasteiger partial charge < -0.3 is 9.73 Å². The van der Waals surface area contributed by atoms with Crippen LogP contribution in [0.25, 0.3) is 10.6 Å². The van der Waals surface area contributed by atoms with E-state index in [1.165, 1.54) is 5.56 Å². The van der Waals surface area contributed by atoms with Crippen molar-refractivity contribution in [2.45, 2.75) is 25.8 Å². The maximum Gasteiger partial charge on any atom is 0.123 e. The van der Waals surface area contributed by atoms with Crippen LogP contribution in [-0.4, -0.2) is 11.0 Å². The number of nitrogens with one attached hydrogen (secondary N) is 1. The van der Waals surface area contributed by atoms with Gasteiger partial charge in [-0.15, -0.1) is 11.3 Å². The molecule has 0 amide bonds. The van der Waals surface area contributed by atoms with Crippen molar-refractivity contribution >= 4 is 17.0 Å². The van der Waals surface area contributed by atoms with Crippen LogP contribution in [0.2, 0.25) is 0 Å². The molecule has 0 aliphatic heterocycles. The molecule has 0 aliphatic carbocycles. The summed E-state index contributed by atoms with van der Waals surface area (Å²) in [5.74, 6) is 1.04. The number of nitrogens with zero attached hydrogens (tertiary/aromatic N) is 1. The number of benzene rings is 1. The first kappa shape index (κ1) is 13.9. The fourth-order valence-electron chi connectivity index (χ4n) is 2.25. The predicted molar refractivity (Wildman–Crippen MR) is 87.7 cm³/mol. The minimum absolute atomic E-state index is 0.404. The van der Waals surface area contributed by atoms with E-state index in [0.29, 0.717) is 6.04 Å². The molecule has 0 radical (unpaired) electrons. The number of furan rings is 1. The number of aryl methyl sites for hydroxylation is 1. The average Bonchev–Trinajstić information content (AvgIpc) is 3.19. The second-order valence-electron chi connectivity index (χ2n) is 5.08. The summed E-state index contributed by atoms with van der Waals surface area (Å²) in [4.78, 5) is 4.32. The number of thiazole rings is 1. The Hall–Kier alpha value is -2.07. The third-order valence-corrected chi connectivity index (χ3v) is 4.20. The molecule has 1 atom stereocenters. The molecule has 0 aliphatic rings. The third kappa shape index (κ3) is 3.73. The maximum absolute atomic E-state index is 5.36. The lowest BCUT2D eigenvalue weighted by Gasteiger charge is -2.14. The van der Waals surface area contributed by atoms with Crippen molar-refractivity contribution in [1.82, 2.24) is 4.98 Å². The highest BCUT2D eigenvalue weighted by Crippen LogP contribution is 2.23. The van der Waals surface area contributed by atoms with E-state index >= 15 is 0 Å². The first-order valence-electron chi connectivity index (χ1n) is 7.10. The van der Waals surface area contributed by atoms with Crippen molar-refractivity contribution in [2.24, 2.45) is 0 Å². The van der Waals surface area contributed by atoms with E-state index in [1.807, 2.05) is 23.7 Å². The van der Waals surface area contributed by atoms with E-state index in [9.17, 15) is 0 Å². The molecule has 3 rings (SSSR count). The highest BCUT2D eigenvalue weighted by molar-refractivity contribution is 7.13. The van der Waals surface area contributed by atoms with Crippen molar-refractivity contribution in [3.8, 4) is 10.6 Å². The molecule has 1 unspecified atom stereocenters. The SMILES string of the molecule is CC(CCc1ccco1)Nc1ccc(-c2nccs2)cc1. The van der Waals surface area contributed by atoms with Crippen LogP contribution < -0.4 is 5.32 Å². The topological polar surface area (TPSA) is 38.1 Å². The van der Waals surface area contributed by atoms with Crippen LogP contribution in [0.3, 0.4) is 0 Å². The molecule has 3 nitrogen and oxygen atoms in total. The summed E-state index contributed by atoms with van der Waals surface area (Å²) in [6.45, 7) is 2.19. The van der Waals surface area contributed by atoms with Gasteiger partial charge in [-0.05, 0) is 49.7 Å². The fraction of sp³-hybridized carbons (Fsp3) is 0.235. The predicted octanol–water partition coefficient (Wildman–Crippen LogP) is 4.84. The van der Waals surface area contributed by atoms with Crippen LogP contribution >= 0.6 is 11.3 Å². The van der Waals surface area contributed by atoms with Crippen molar-refractivity contribution < 1.29 is 4.42 Å². The Kier molecular flexibility index (Phi) is 4.36. The Morgan fingerprint density at radius 3 is 2.76 bits per heavy atom. The van der Waals surface area contributed by atoms with Crippen molar-refractivity contribution in [2.75, 3.05) is 5.32 Å².